The first-order chi connectivity index (χ1) is 21.1. The molecule has 11 heteroatoms. The Morgan fingerprint density at radius 3 is 2.41 bits per heavy atom. The van der Waals surface area contributed by atoms with Gasteiger partial charge in [-0.15, -0.1) is 0 Å². The van der Waals surface area contributed by atoms with Crippen molar-refractivity contribution in [2.24, 2.45) is 34.5 Å². The molecule has 44 heavy (non-hydrogen) atoms. The van der Waals surface area contributed by atoms with Gasteiger partial charge in [-0.1, -0.05) is 19.1 Å². The lowest BCUT2D eigenvalue weighted by atomic mass is 9.42. The third-order valence-electron chi connectivity index (χ3n) is 12.6. The van der Waals surface area contributed by atoms with Gasteiger partial charge >= 0.3 is 5.97 Å². The van der Waals surface area contributed by atoms with Gasteiger partial charge in [0, 0.05) is 68.9 Å². The second-order valence-electron chi connectivity index (χ2n) is 13.8. The minimum absolute atomic E-state index is 0.150. The van der Waals surface area contributed by atoms with Crippen LogP contribution < -0.4 is 9.47 Å². The standard InChI is InChI=1S/C33H45NO10/c1-7-34-15-30(16-39-2)21(35)13-22(42-5)33-18-14-31(37)10-11-32(38,24(27(33)34)25(43-6)26(30)33)23(18)28(31)44-29(36)17-8-9-19(40-3)20(12-17)41-4/h8-12,18,21-28,35,37-38H,7,13-16H2,1-6H3/t18-,21-,22+,23-,24+,25+,26-,27-,28-,30+,31-,32-,33+/m1/s1. The van der Waals surface area contributed by atoms with Gasteiger partial charge in [0.15, 0.2) is 11.5 Å². The number of methoxy groups -OCH3 is 5. The molecule has 242 valence electrons. The Balaban J connectivity index is 1.38. The van der Waals surface area contributed by atoms with Gasteiger partial charge in [0.05, 0.1) is 50.3 Å². The lowest BCUT2D eigenvalue weighted by Crippen LogP contribution is -2.78. The lowest BCUT2D eigenvalue weighted by Gasteiger charge is -2.69. The zero-order valence-corrected chi connectivity index (χ0v) is 26.3. The highest BCUT2D eigenvalue weighted by Crippen LogP contribution is 2.79. The molecule has 0 aromatic heterocycles. The van der Waals surface area contributed by atoms with Gasteiger partial charge in [-0.3, -0.25) is 4.90 Å². The van der Waals surface area contributed by atoms with E-state index in [1.807, 2.05) is 0 Å². The Kier molecular flexibility index (Phi) is 7.00. The molecule has 4 saturated carbocycles. The molecule has 0 unspecified atom stereocenters. The fourth-order valence-electron chi connectivity index (χ4n) is 11.4. The van der Waals surface area contributed by atoms with Crippen molar-refractivity contribution in [3.05, 3.63) is 35.9 Å². The molecular formula is C33H45NO10. The summed E-state index contributed by atoms with van der Waals surface area (Å²) in [6.45, 7) is 3.71. The number of likely N-dealkylation sites (tertiary alicyclic amines) is 1. The van der Waals surface area contributed by atoms with Crippen LogP contribution in [0.1, 0.15) is 30.1 Å². The molecule has 1 aromatic rings. The highest BCUT2D eigenvalue weighted by atomic mass is 16.6. The van der Waals surface area contributed by atoms with Crippen LogP contribution in [0.2, 0.25) is 0 Å². The summed E-state index contributed by atoms with van der Waals surface area (Å²) >= 11 is 0. The Morgan fingerprint density at radius 1 is 1.02 bits per heavy atom. The SMILES string of the molecule is CCN1C[C@]2(COC)[C@H](O)C[C@H](OC)[C@@]34[C@@H]5C[C@]6(O)C=C[C@@](O)([C@H]5[C@H]6OC(=O)c5ccc(OC)c(OC)c5)[C@@H]([C@H](OC)[C@H]23)[C@@H]14. The average Bonchev–Trinajstić information content (AvgIpc) is 3.39. The van der Waals surface area contributed by atoms with E-state index in [9.17, 15) is 20.1 Å². The molecular weight excluding hydrogens is 570 g/mol. The van der Waals surface area contributed by atoms with Crippen LogP contribution in [-0.4, -0.2) is 123 Å². The van der Waals surface area contributed by atoms with E-state index in [-0.39, 0.29) is 36.0 Å². The maximum Gasteiger partial charge on any atom is 0.338 e. The zero-order chi connectivity index (χ0) is 31.4. The van der Waals surface area contributed by atoms with Crippen molar-refractivity contribution in [1.82, 2.24) is 4.90 Å². The molecule has 13 atom stereocenters. The van der Waals surface area contributed by atoms with Gasteiger partial charge in [-0.25, -0.2) is 4.79 Å². The largest absolute Gasteiger partial charge is 0.493 e. The Hall–Kier alpha value is -2.25. The number of ether oxygens (including phenoxy) is 6. The highest BCUT2D eigenvalue weighted by molar-refractivity contribution is 5.90. The first-order valence-corrected chi connectivity index (χ1v) is 15.6. The molecule has 0 radical (unpaired) electrons. The fraction of sp³-hybridized carbons (Fsp3) is 0.727. The van der Waals surface area contributed by atoms with Crippen molar-refractivity contribution in [2.75, 3.05) is 55.2 Å². The van der Waals surface area contributed by atoms with E-state index in [0.717, 1.165) is 0 Å². The van der Waals surface area contributed by atoms with E-state index in [0.29, 0.717) is 37.6 Å². The molecule has 3 N–H and O–H groups in total. The molecule has 1 saturated heterocycles. The quantitative estimate of drug-likeness (QED) is 0.274. The topological polar surface area (TPSA) is 136 Å². The molecule has 5 fully saturated rings. The maximum atomic E-state index is 13.7. The fourth-order valence-corrected chi connectivity index (χ4v) is 11.4. The number of aliphatic hydroxyl groups excluding tert-OH is 1. The molecule has 11 nitrogen and oxygen atoms in total. The molecule has 1 aliphatic heterocycles. The molecule has 0 amide bonds. The van der Waals surface area contributed by atoms with Crippen LogP contribution in [0.4, 0.5) is 0 Å². The average molecular weight is 616 g/mol. The van der Waals surface area contributed by atoms with Crippen LogP contribution in [0.3, 0.4) is 0 Å². The zero-order valence-electron chi connectivity index (χ0n) is 26.3. The van der Waals surface area contributed by atoms with Gasteiger partial charge in [0.1, 0.15) is 11.7 Å². The summed E-state index contributed by atoms with van der Waals surface area (Å²) in [5, 5.41) is 37.1. The van der Waals surface area contributed by atoms with E-state index in [1.165, 1.54) is 14.2 Å². The van der Waals surface area contributed by atoms with E-state index in [2.05, 4.69) is 11.8 Å². The summed E-state index contributed by atoms with van der Waals surface area (Å²) in [4.78, 5) is 16.1. The normalized spacial score (nSPS) is 47.9. The van der Waals surface area contributed by atoms with Crippen molar-refractivity contribution in [3.8, 4) is 11.5 Å². The van der Waals surface area contributed by atoms with Crippen LogP contribution in [0.25, 0.3) is 0 Å². The van der Waals surface area contributed by atoms with Crippen LogP contribution in [-0.2, 0) is 18.9 Å². The van der Waals surface area contributed by atoms with E-state index in [4.69, 9.17) is 28.4 Å². The number of rotatable bonds is 9. The van der Waals surface area contributed by atoms with Crippen molar-refractivity contribution in [2.45, 2.75) is 61.4 Å². The molecule has 1 heterocycles. The second kappa shape index (κ2) is 10.1. The number of fused-ring (bicyclic) bond motifs is 2. The van der Waals surface area contributed by atoms with Gasteiger partial charge in [0.25, 0.3) is 0 Å². The number of hydrogen-bond acceptors (Lipinski definition) is 11. The predicted molar refractivity (Wildman–Crippen MR) is 156 cm³/mol. The van der Waals surface area contributed by atoms with Crippen LogP contribution in [0, 0.1) is 34.5 Å². The first-order valence-electron chi connectivity index (χ1n) is 15.6. The minimum Gasteiger partial charge on any atom is -0.493 e. The second-order valence-corrected chi connectivity index (χ2v) is 13.8. The Bertz CT molecular complexity index is 1360. The monoisotopic (exact) mass is 615 g/mol. The number of carbonyl (C=O) groups excluding carboxylic acids is 1. The van der Waals surface area contributed by atoms with Crippen molar-refractivity contribution in [3.63, 3.8) is 0 Å². The third-order valence-corrected chi connectivity index (χ3v) is 12.6. The number of nitrogens with zero attached hydrogens (tertiary/aromatic N) is 1. The summed E-state index contributed by atoms with van der Waals surface area (Å²) in [6.07, 6.45) is 1.49. The number of benzene rings is 1. The van der Waals surface area contributed by atoms with E-state index in [1.54, 1.807) is 51.7 Å². The van der Waals surface area contributed by atoms with Crippen molar-refractivity contribution < 1.29 is 48.5 Å². The van der Waals surface area contributed by atoms with Gasteiger partial charge < -0.3 is 43.7 Å². The van der Waals surface area contributed by atoms with Gasteiger partial charge in [0.2, 0.25) is 0 Å². The molecule has 1 aromatic carbocycles. The van der Waals surface area contributed by atoms with E-state index >= 15 is 0 Å². The van der Waals surface area contributed by atoms with Crippen LogP contribution in [0.5, 0.6) is 11.5 Å². The van der Waals surface area contributed by atoms with Crippen molar-refractivity contribution in [1.29, 1.82) is 0 Å². The molecule has 7 rings (SSSR count). The third kappa shape index (κ3) is 3.44. The van der Waals surface area contributed by atoms with Gasteiger partial charge in [-0.05, 0) is 37.1 Å². The molecule has 5 aliphatic carbocycles. The Morgan fingerprint density at radius 2 is 1.77 bits per heavy atom. The summed E-state index contributed by atoms with van der Waals surface area (Å²) in [5.74, 6) is -1.37. The number of esters is 1. The number of aliphatic hydroxyl groups is 3. The molecule has 1 spiro atoms. The van der Waals surface area contributed by atoms with E-state index < -0.39 is 58.1 Å². The summed E-state index contributed by atoms with van der Waals surface area (Å²) in [7, 11) is 8.03. The summed E-state index contributed by atoms with van der Waals surface area (Å²) < 4.78 is 35.5. The molecule has 7 bridgehead atoms. The number of hydrogen-bond donors (Lipinski definition) is 3. The molecule has 6 aliphatic rings. The van der Waals surface area contributed by atoms with Crippen LogP contribution in [0.15, 0.2) is 30.4 Å². The summed E-state index contributed by atoms with van der Waals surface area (Å²) in [6, 6.07) is 4.63. The minimum atomic E-state index is -1.50. The smallest absolute Gasteiger partial charge is 0.338 e. The lowest BCUT2D eigenvalue weighted by molar-refractivity contribution is -0.288. The Labute approximate surface area is 258 Å². The number of piperidine rings is 1. The van der Waals surface area contributed by atoms with Crippen LogP contribution >= 0.6 is 0 Å². The van der Waals surface area contributed by atoms with Gasteiger partial charge in [-0.2, -0.15) is 0 Å². The highest BCUT2D eigenvalue weighted by Gasteiger charge is 2.88. The maximum absolute atomic E-state index is 13.7. The summed E-state index contributed by atoms with van der Waals surface area (Å²) in [5.41, 5.74) is -4.01. The number of carbonyl (C=O) groups is 1. The predicted octanol–water partition coefficient (Wildman–Crippen LogP) is 1.27. The van der Waals surface area contributed by atoms with Crippen molar-refractivity contribution >= 4 is 5.97 Å². The first kappa shape index (κ1) is 30.4.